The normalized spacial score (nSPS) is 11.4. The zero-order valence-corrected chi connectivity index (χ0v) is 9.08. The third-order valence-corrected chi connectivity index (χ3v) is 1.88. The van der Waals surface area contributed by atoms with Gasteiger partial charge in [0.05, 0.1) is 12.9 Å². The average Bonchev–Trinajstić information content (AvgIpc) is 2.14. The lowest BCUT2D eigenvalue weighted by Gasteiger charge is -2.02. The van der Waals surface area contributed by atoms with Gasteiger partial charge in [-0.05, 0) is 25.3 Å². The molecule has 0 saturated carbocycles. The number of hydrogen-bond donors (Lipinski definition) is 1. The van der Waals surface area contributed by atoms with Crippen LogP contribution in [0.15, 0.2) is 11.8 Å². The average molecular weight is 200 g/mol. The van der Waals surface area contributed by atoms with Crippen molar-refractivity contribution in [3.8, 4) is 0 Å². The number of ether oxygens (including phenoxy) is 1. The Balaban J connectivity index is 3.41. The third-order valence-electron chi connectivity index (χ3n) is 1.88. The quantitative estimate of drug-likeness (QED) is 0.484. The Labute approximate surface area is 85.8 Å². The number of carboxylic acids is 1. The van der Waals surface area contributed by atoms with E-state index in [9.17, 15) is 4.79 Å². The number of unbranched alkanes of at least 4 members (excludes halogenated alkanes) is 2. The van der Waals surface area contributed by atoms with Crippen LogP contribution < -0.4 is 0 Å². The van der Waals surface area contributed by atoms with Gasteiger partial charge in [-0.2, -0.15) is 0 Å². The van der Waals surface area contributed by atoms with E-state index in [0.717, 1.165) is 18.6 Å². The second-order valence-electron chi connectivity index (χ2n) is 3.44. The molecule has 0 aromatic rings. The van der Waals surface area contributed by atoms with E-state index in [4.69, 9.17) is 9.84 Å². The Bertz CT molecular complexity index is 185. The van der Waals surface area contributed by atoms with Gasteiger partial charge in [-0.1, -0.05) is 19.8 Å². The summed E-state index contributed by atoms with van der Waals surface area (Å²) in [6.07, 6.45) is 5.87. The van der Waals surface area contributed by atoms with Gasteiger partial charge in [-0.25, -0.2) is 0 Å². The fraction of sp³-hybridized carbons (Fsp3) is 0.727. The van der Waals surface area contributed by atoms with Crippen LogP contribution in [0.2, 0.25) is 0 Å². The molecule has 0 atom stereocenters. The number of carboxylic acid groups (broad SMARTS) is 1. The first-order chi connectivity index (χ1) is 6.66. The van der Waals surface area contributed by atoms with Crippen LogP contribution in [0, 0.1) is 0 Å². The summed E-state index contributed by atoms with van der Waals surface area (Å²) in [4.78, 5) is 10.3. The summed E-state index contributed by atoms with van der Waals surface area (Å²) >= 11 is 0. The number of rotatable bonds is 8. The second kappa shape index (κ2) is 8.60. The minimum Gasteiger partial charge on any atom is -0.501 e. The van der Waals surface area contributed by atoms with Gasteiger partial charge in [-0.15, -0.1) is 0 Å². The lowest BCUT2D eigenvalue weighted by Crippen LogP contribution is -1.95. The smallest absolute Gasteiger partial charge is 0.303 e. The highest BCUT2D eigenvalue weighted by Crippen LogP contribution is 2.04. The van der Waals surface area contributed by atoms with E-state index in [1.165, 1.54) is 12.8 Å². The minimum atomic E-state index is -0.760. The van der Waals surface area contributed by atoms with E-state index in [-0.39, 0.29) is 6.42 Å². The van der Waals surface area contributed by atoms with Gasteiger partial charge in [0, 0.05) is 6.42 Å². The van der Waals surface area contributed by atoms with Gasteiger partial charge in [-0.3, -0.25) is 4.79 Å². The van der Waals surface area contributed by atoms with Gasteiger partial charge in [0.1, 0.15) is 0 Å². The first kappa shape index (κ1) is 13.0. The van der Waals surface area contributed by atoms with Crippen molar-refractivity contribution in [1.82, 2.24) is 0 Å². The van der Waals surface area contributed by atoms with Crippen LogP contribution in [0.4, 0.5) is 0 Å². The second-order valence-corrected chi connectivity index (χ2v) is 3.44. The molecule has 0 spiro atoms. The molecule has 0 bridgehead atoms. The van der Waals surface area contributed by atoms with E-state index in [1.807, 2.05) is 6.92 Å². The summed E-state index contributed by atoms with van der Waals surface area (Å²) in [5.41, 5.74) is 0.990. The fourth-order valence-corrected chi connectivity index (χ4v) is 1.000. The zero-order valence-electron chi connectivity index (χ0n) is 9.08. The van der Waals surface area contributed by atoms with Gasteiger partial charge in [0.15, 0.2) is 0 Å². The topological polar surface area (TPSA) is 46.5 Å². The lowest BCUT2D eigenvalue weighted by atomic mass is 10.2. The van der Waals surface area contributed by atoms with Crippen molar-refractivity contribution in [2.45, 2.75) is 46.0 Å². The summed E-state index contributed by atoms with van der Waals surface area (Å²) in [6, 6.07) is 0. The predicted octanol–water partition coefficient (Wildman–Crippen LogP) is 2.96. The number of aliphatic carboxylic acids is 1. The van der Waals surface area contributed by atoms with Gasteiger partial charge >= 0.3 is 5.97 Å². The molecule has 0 aliphatic carbocycles. The van der Waals surface area contributed by atoms with Crippen molar-refractivity contribution in [1.29, 1.82) is 0 Å². The Kier molecular flexibility index (Phi) is 7.99. The maximum absolute atomic E-state index is 10.3. The molecule has 0 heterocycles. The summed E-state index contributed by atoms with van der Waals surface area (Å²) in [7, 11) is 0. The highest BCUT2D eigenvalue weighted by atomic mass is 16.5. The van der Waals surface area contributed by atoms with Crippen LogP contribution in [-0.4, -0.2) is 17.7 Å². The number of hydrogen-bond acceptors (Lipinski definition) is 2. The van der Waals surface area contributed by atoms with E-state index in [2.05, 4.69) is 6.92 Å². The van der Waals surface area contributed by atoms with Crippen LogP contribution in [0.3, 0.4) is 0 Å². The zero-order chi connectivity index (χ0) is 10.8. The molecule has 0 aromatic heterocycles. The molecule has 0 aromatic carbocycles. The minimum absolute atomic E-state index is 0.181. The lowest BCUT2D eigenvalue weighted by molar-refractivity contribution is -0.136. The number of carbonyl (C=O) groups is 1. The molecule has 0 unspecified atom stereocenters. The van der Waals surface area contributed by atoms with Crippen molar-refractivity contribution in [2.75, 3.05) is 6.61 Å². The fourth-order valence-electron chi connectivity index (χ4n) is 1.000. The first-order valence-corrected chi connectivity index (χ1v) is 5.15. The summed E-state index contributed by atoms with van der Waals surface area (Å²) in [6.45, 7) is 4.77. The van der Waals surface area contributed by atoms with Crippen molar-refractivity contribution in [3.63, 3.8) is 0 Å². The molecule has 3 heteroatoms. The van der Waals surface area contributed by atoms with Gasteiger partial charge in [0.2, 0.25) is 0 Å². The molecule has 0 rings (SSSR count). The molecule has 0 amide bonds. The van der Waals surface area contributed by atoms with Gasteiger partial charge in [0.25, 0.3) is 0 Å². The van der Waals surface area contributed by atoms with Crippen molar-refractivity contribution < 1.29 is 14.6 Å². The van der Waals surface area contributed by atoms with E-state index >= 15 is 0 Å². The van der Waals surface area contributed by atoms with Crippen LogP contribution in [-0.2, 0) is 9.53 Å². The monoisotopic (exact) mass is 200 g/mol. The predicted molar refractivity (Wildman–Crippen MR) is 56.1 cm³/mol. The SMILES string of the molecule is CCCCCOC=C(C)CCC(=O)O. The molecule has 0 radical (unpaired) electrons. The Morgan fingerprint density at radius 1 is 1.36 bits per heavy atom. The summed E-state index contributed by atoms with van der Waals surface area (Å²) in [5, 5.41) is 8.44. The third kappa shape index (κ3) is 9.10. The Hall–Kier alpha value is -0.990. The van der Waals surface area contributed by atoms with Crippen LogP contribution in [0.25, 0.3) is 0 Å². The maximum Gasteiger partial charge on any atom is 0.303 e. The van der Waals surface area contributed by atoms with Crippen molar-refractivity contribution in [3.05, 3.63) is 11.8 Å². The molecular formula is C11H20O3. The molecule has 3 nitrogen and oxygen atoms in total. The van der Waals surface area contributed by atoms with E-state index in [0.29, 0.717) is 6.42 Å². The molecule has 82 valence electrons. The molecule has 14 heavy (non-hydrogen) atoms. The maximum atomic E-state index is 10.3. The van der Waals surface area contributed by atoms with Crippen LogP contribution >= 0.6 is 0 Å². The van der Waals surface area contributed by atoms with Crippen LogP contribution in [0.1, 0.15) is 46.0 Å². The molecule has 0 saturated heterocycles. The van der Waals surface area contributed by atoms with E-state index < -0.39 is 5.97 Å². The van der Waals surface area contributed by atoms with Crippen LogP contribution in [0.5, 0.6) is 0 Å². The van der Waals surface area contributed by atoms with Gasteiger partial charge < -0.3 is 9.84 Å². The summed E-state index contributed by atoms with van der Waals surface area (Å²) < 4.78 is 5.27. The van der Waals surface area contributed by atoms with Crippen molar-refractivity contribution >= 4 is 5.97 Å². The molecular weight excluding hydrogens is 180 g/mol. The van der Waals surface area contributed by atoms with E-state index in [1.54, 1.807) is 6.26 Å². The molecule has 1 N–H and O–H groups in total. The molecule has 0 aliphatic heterocycles. The largest absolute Gasteiger partial charge is 0.501 e. The Morgan fingerprint density at radius 3 is 2.64 bits per heavy atom. The Morgan fingerprint density at radius 2 is 2.07 bits per heavy atom. The van der Waals surface area contributed by atoms with Crippen molar-refractivity contribution in [2.24, 2.45) is 0 Å². The highest BCUT2D eigenvalue weighted by molar-refractivity contribution is 5.66. The standard InChI is InChI=1S/C11H20O3/c1-3-4-5-8-14-9-10(2)6-7-11(12)13/h9H,3-8H2,1-2H3,(H,12,13). The molecule has 0 fully saturated rings. The highest BCUT2D eigenvalue weighted by Gasteiger charge is 1.97. The first-order valence-electron chi connectivity index (χ1n) is 5.15. The summed E-state index contributed by atoms with van der Waals surface area (Å²) in [5.74, 6) is -0.760. The molecule has 0 aliphatic rings. The number of allylic oxidation sites excluding steroid dienone is 1.